The molecule has 0 aromatic carbocycles. The Kier molecular flexibility index (Phi) is 5.28. The van der Waals surface area contributed by atoms with E-state index in [1.165, 1.54) is 0 Å². The van der Waals surface area contributed by atoms with E-state index in [2.05, 4.69) is 32.0 Å². The lowest BCUT2D eigenvalue weighted by atomic mass is 10.2. The summed E-state index contributed by atoms with van der Waals surface area (Å²) in [6.07, 6.45) is 4.22. The maximum Gasteiger partial charge on any atom is 0.225 e. The van der Waals surface area contributed by atoms with Crippen LogP contribution in [0.5, 0.6) is 0 Å². The molecule has 20 heavy (non-hydrogen) atoms. The number of nitrogens with zero attached hydrogens (tertiary/aromatic N) is 4. The maximum absolute atomic E-state index is 9.89. The molecule has 1 saturated heterocycles. The molecule has 2 N–H and O–H groups in total. The summed E-state index contributed by atoms with van der Waals surface area (Å²) in [4.78, 5) is 13.1. The zero-order valence-electron chi connectivity index (χ0n) is 12.6. The SMILES string of the molecule is CCNCc1cnc(N2CC(O)CC2CN(C)C)nc1. The molecule has 1 aliphatic rings. The van der Waals surface area contributed by atoms with E-state index in [0.29, 0.717) is 12.5 Å². The largest absolute Gasteiger partial charge is 0.391 e. The lowest BCUT2D eigenvalue weighted by Gasteiger charge is -2.26. The maximum atomic E-state index is 9.89. The molecule has 1 fully saturated rings. The minimum atomic E-state index is -0.287. The van der Waals surface area contributed by atoms with Gasteiger partial charge in [0.15, 0.2) is 0 Å². The summed E-state index contributed by atoms with van der Waals surface area (Å²) in [5, 5.41) is 13.1. The van der Waals surface area contributed by atoms with Gasteiger partial charge in [0.1, 0.15) is 0 Å². The first kappa shape index (κ1) is 15.2. The number of aromatic nitrogens is 2. The lowest BCUT2D eigenvalue weighted by molar-refractivity contribution is 0.191. The fraction of sp³-hybridized carbons (Fsp3) is 0.714. The molecule has 112 valence electrons. The van der Waals surface area contributed by atoms with E-state index in [0.717, 1.165) is 31.6 Å². The predicted octanol–water partition coefficient (Wildman–Crippen LogP) is 0.0873. The van der Waals surface area contributed by atoms with E-state index >= 15 is 0 Å². The van der Waals surface area contributed by atoms with Crippen molar-refractivity contribution in [2.24, 2.45) is 0 Å². The van der Waals surface area contributed by atoms with Gasteiger partial charge in [-0.3, -0.25) is 0 Å². The molecule has 2 atom stereocenters. The van der Waals surface area contributed by atoms with E-state index < -0.39 is 0 Å². The number of aliphatic hydroxyl groups is 1. The molecule has 1 aliphatic heterocycles. The van der Waals surface area contributed by atoms with Crippen LogP contribution in [0.25, 0.3) is 0 Å². The zero-order chi connectivity index (χ0) is 14.5. The molecule has 6 heteroatoms. The number of hydrogen-bond acceptors (Lipinski definition) is 6. The van der Waals surface area contributed by atoms with Crippen LogP contribution < -0.4 is 10.2 Å². The highest BCUT2D eigenvalue weighted by molar-refractivity contribution is 5.34. The van der Waals surface area contributed by atoms with Crippen LogP contribution >= 0.6 is 0 Å². The van der Waals surface area contributed by atoms with Gasteiger partial charge >= 0.3 is 0 Å². The van der Waals surface area contributed by atoms with Crippen molar-refractivity contribution >= 4 is 5.95 Å². The molecule has 1 aromatic heterocycles. The average molecular weight is 279 g/mol. The Bertz CT molecular complexity index is 409. The summed E-state index contributed by atoms with van der Waals surface area (Å²) in [5.74, 6) is 0.716. The molecule has 2 rings (SSSR count). The highest BCUT2D eigenvalue weighted by Gasteiger charge is 2.32. The van der Waals surface area contributed by atoms with Gasteiger partial charge in [-0.2, -0.15) is 0 Å². The van der Waals surface area contributed by atoms with Crippen molar-refractivity contribution in [3.05, 3.63) is 18.0 Å². The number of anilines is 1. The molecular formula is C14H25N5O. The Labute approximate surface area is 120 Å². The van der Waals surface area contributed by atoms with Gasteiger partial charge in [-0.1, -0.05) is 6.92 Å². The number of hydrogen-bond donors (Lipinski definition) is 2. The Morgan fingerprint density at radius 3 is 2.70 bits per heavy atom. The van der Waals surface area contributed by atoms with Crippen molar-refractivity contribution in [1.82, 2.24) is 20.2 Å². The second kappa shape index (κ2) is 6.97. The molecule has 2 unspecified atom stereocenters. The summed E-state index contributed by atoms with van der Waals surface area (Å²) in [6.45, 7) is 5.32. The molecule has 2 heterocycles. The summed E-state index contributed by atoms with van der Waals surface area (Å²) in [6, 6.07) is 0.277. The molecule has 1 aromatic rings. The second-order valence-corrected chi connectivity index (χ2v) is 5.63. The zero-order valence-corrected chi connectivity index (χ0v) is 12.6. The van der Waals surface area contributed by atoms with Crippen molar-refractivity contribution in [1.29, 1.82) is 0 Å². The fourth-order valence-electron chi connectivity index (χ4n) is 2.59. The van der Waals surface area contributed by atoms with Gasteiger partial charge < -0.3 is 20.2 Å². The van der Waals surface area contributed by atoms with Crippen LogP contribution in [0.3, 0.4) is 0 Å². The van der Waals surface area contributed by atoms with Gasteiger partial charge in [-0.15, -0.1) is 0 Å². The first-order valence-corrected chi connectivity index (χ1v) is 7.21. The third kappa shape index (κ3) is 3.88. The van der Waals surface area contributed by atoms with E-state index in [4.69, 9.17) is 0 Å². The quantitative estimate of drug-likeness (QED) is 0.769. The van der Waals surface area contributed by atoms with Crippen molar-refractivity contribution in [3.63, 3.8) is 0 Å². The van der Waals surface area contributed by atoms with Gasteiger partial charge in [0.05, 0.1) is 6.10 Å². The van der Waals surface area contributed by atoms with Gasteiger partial charge in [0.2, 0.25) is 5.95 Å². The summed E-state index contributed by atoms with van der Waals surface area (Å²) < 4.78 is 0. The Morgan fingerprint density at radius 1 is 1.40 bits per heavy atom. The van der Waals surface area contributed by atoms with Crippen LogP contribution in [-0.4, -0.2) is 65.8 Å². The van der Waals surface area contributed by atoms with Crippen molar-refractivity contribution in [2.75, 3.05) is 38.6 Å². The smallest absolute Gasteiger partial charge is 0.225 e. The minimum Gasteiger partial charge on any atom is -0.391 e. The molecule has 0 aliphatic carbocycles. The minimum absolute atomic E-state index is 0.277. The second-order valence-electron chi connectivity index (χ2n) is 5.63. The number of aliphatic hydroxyl groups excluding tert-OH is 1. The standard InChI is InChI=1S/C14H25N5O/c1-4-15-6-11-7-16-14(17-8-11)19-10-13(20)5-12(19)9-18(2)3/h7-8,12-13,15,20H,4-6,9-10H2,1-3H3. The highest BCUT2D eigenvalue weighted by atomic mass is 16.3. The van der Waals surface area contributed by atoms with E-state index in [1.807, 2.05) is 26.5 Å². The van der Waals surface area contributed by atoms with E-state index in [-0.39, 0.29) is 12.1 Å². The molecule has 0 amide bonds. The summed E-state index contributed by atoms with van der Waals surface area (Å²) >= 11 is 0. The Hall–Kier alpha value is -1.24. The van der Waals surface area contributed by atoms with Gasteiger partial charge in [-0.25, -0.2) is 9.97 Å². The van der Waals surface area contributed by atoms with Crippen LogP contribution in [0.1, 0.15) is 18.9 Å². The molecule has 0 spiro atoms. The first-order chi connectivity index (χ1) is 9.60. The number of rotatable bonds is 6. The first-order valence-electron chi connectivity index (χ1n) is 7.21. The topological polar surface area (TPSA) is 64.5 Å². The molecule has 0 radical (unpaired) electrons. The number of likely N-dealkylation sites (N-methyl/N-ethyl adjacent to an activating group) is 1. The number of β-amino-alcohol motifs (C(OH)–C–C–N with tert-alkyl or cyclic N) is 1. The van der Waals surface area contributed by atoms with E-state index in [1.54, 1.807) is 0 Å². The van der Waals surface area contributed by atoms with Crippen molar-refractivity contribution in [3.8, 4) is 0 Å². The third-order valence-electron chi connectivity index (χ3n) is 3.50. The van der Waals surface area contributed by atoms with Gasteiger partial charge in [0, 0.05) is 43.6 Å². The summed E-state index contributed by atoms with van der Waals surface area (Å²) in [5.41, 5.74) is 1.08. The fourth-order valence-corrected chi connectivity index (χ4v) is 2.59. The van der Waals surface area contributed by atoms with Crippen LogP contribution in [0, 0.1) is 0 Å². The van der Waals surface area contributed by atoms with Crippen molar-refractivity contribution < 1.29 is 5.11 Å². The monoisotopic (exact) mass is 279 g/mol. The highest BCUT2D eigenvalue weighted by Crippen LogP contribution is 2.22. The Morgan fingerprint density at radius 2 is 2.10 bits per heavy atom. The van der Waals surface area contributed by atoms with Crippen LogP contribution in [0.15, 0.2) is 12.4 Å². The lowest BCUT2D eigenvalue weighted by Crippen LogP contribution is -2.38. The Balaban J connectivity index is 2.05. The molecule has 0 saturated carbocycles. The van der Waals surface area contributed by atoms with Crippen LogP contribution in [0.4, 0.5) is 5.95 Å². The van der Waals surface area contributed by atoms with Gasteiger partial charge in [-0.05, 0) is 27.1 Å². The molecular weight excluding hydrogens is 254 g/mol. The predicted molar refractivity (Wildman–Crippen MR) is 79.7 cm³/mol. The van der Waals surface area contributed by atoms with Crippen molar-refractivity contribution in [2.45, 2.75) is 32.0 Å². The average Bonchev–Trinajstić information content (AvgIpc) is 2.77. The van der Waals surface area contributed by atoms with Crippen LogP contribution in [0.2, 0.25) is 0 Å². The molecule has 0 bridgehead atoms. The normalized spacial score (nSPS) is 22.8. The van der Waals surface area contributed by atoms with E-state index in [9.17, 15) is 5.11 Å². The molecule has 6 nitrogen and oxygen atoms in total. The summed E-state index contributed by atoms with van der Waals surface area (Å²) in [7, 11) is 4.09. The van der Waals surface area contributed by atoms with Gasteiger partial charge in [0.25, 0.3) is 0 Å². The van der Waals surface area contributed by atoms with Crippen LogP contribution in [-0.2, 0) is 6.54 Å². The number of nitrogens with one attached hydrogen (secondary N) is 1. The third-order valence-corrected chi connectivity index (χ3v) is 3.50.